The van der Waals surface area contributed by atoms with Gasteiger partial charge >= 0.3 is 12.1 Å². The number of hydrogen-bond donors (Lipinski definition) is 1. The van der Waals surface area contributed by atoms with Crippen LogP contribution >= 0.6 is 0 Å². The van der Waals surface area contributed by atoms with Gasteiger partial charge in [-0.25, -0.2) is 17.5 Å². The first-order valence-electron chi connectivity index (χ1n) is 9.93. The third kappa shape index (κ3) is 5.70. The number of carbonyl (C=O) groups is 1. The number of alkyl halides is 3. The minimum Gasteiger partial charge on any atom is -0.475 e. The summed E-state index contributed by atoms with van der Waals surface area (Å²) in [6, 6.07) is 6.04. The molecule has 1 aliphatic carbocycles. The van der Waals surface area contributed by atoms with Crippen molar-refractivity contribution in [3.8, 4) is 0 Å². The lowest BCUT2D eigenvalue weighted by atomic mass is 9.79. The number of nitrogens with zero attached hydrogens (tertiary/aromatic N) is 3. The quantitative estimate of drug-likeness (QED) is 0.760. The number of pyridine rings is 1. The average molecular weight is 449 g/mol. The topological polar surface area (TPSA) is 90.8 Å². The highest BCUT2D eigenvalue weighted by molar-refractivity contribution is 7.90. The SMILES string of the molecule is O=C(O)C(F)(F)F.O=S(=O)(C1CC1)N1CCC2(CCCN(Cc3ccccn3)C2)C1. The number of aliphatic carboxylic acids is 1. The molecule has 1 atom stereocenters. The van der Waals surface area contributed by atoms with Gasteiger partial charge in [-0.1, -0.05) is 6.07 Å². The van der Waals surface area contributed by atoms with E-state index < -0.39 is 22.2 Å². The summed E-state index contributed by atoms with van der Waals surface area (Å²) < 4.78 is 58.5. The van der Waals surface area contributed by atoms with E-state index in [-0.39, 0.29) is 10.7 Å². The summed E-state index contributed by atoms with van der Waals surface area (Å²) in [5.41, 5.74) is 1.26. The zero-order valence-electron chi connectivity index (χ0n) is 16.5. The van der Waals surface area contributed by atoms with E-state index in [1.54, 1.807) is 4.31 Å². The van der Waals surface area contributed by atoms with E-state index in [1.165, 1.54) is 0 Å². The molecular weight excluding hydrogens is 423 g/mol. The second kappa shape index (κ2) is 8.80. The Balaban J connectivity index is 0.000000318. The van der Waals surface area contributed by atoms with Crippen LogP contribution < -0.4 is 0 Å². The van der Waals surface area contributed by atoms with Crippen LogP contribution in [0.1, 0.15) is 37.8 Å². The van der Waals surface area contributed by atoms with Gasteiger partial charge in [0.25, 0.3) is 0 Å². The van der Waals surface area contributed by atoms with Gasteiger partial charge in [0.15, 0.2) is 0 Å². The van der Waals surface area contributed by atoms with Crippen molar-refractivity contribution in [2.45, 2.75) is 50.1 Å². The van der Waals surface area contributed by atoms with Crippen molar-refractivity contribution in [2.75, 3.05) is 26.2 Å². The van der Waals surface area contributed by atoms with Crippen LogP contribution in [0.5, 0.6) is 0 Å². The van der Waals surface area contributed by atoms with Crippen molar-refractivity contribution in [1.29, 1.82) is 0 Å². The number of piperidine rings is 1. The normalized spacial score (nSPS) is 25.7. The Bertz CT molecular complexity index is 846. The lowest BCUT2D eigenvalue weighted by Gasteiger charge is -2.40. The fourth-order valence-corrected chi connectivity index (χ4v) is 6.14. The molecule has 0 amide bonds. The van der Waals surface area contributed by atoms with Crippen LogP contribution in [-0.4, -0.2) is 71.3 Å². The summed E-state index contributed by atoms with van der Waals surface area (Å²) in [5, 5.41) is 7.05. The van der Waals surface area contributed by atoms with E-state index >= 15 is 0 Å². The summed E-state index contributed by atoms with van der Waals surface area (Å²) in [6.07, 6.45) is 1.80. The fraction of sp³-hybridized carbons (Fsp3) is 0.684. The van der Waals surface area contributed by atoms with Crippen molar-refractivity contribution in [3.63, 3.8) is 0 Å². The molecule has 2 aliphatic heterocycles. The highest BCUT2D eigenvalue weighted by Gasteiger charge is 2.48. The summed E-state index contributed by atoms with van der Waals surface area (Å²) in [4.78, 5) is 15.8. The van der Waals surface area contributed by atoms with E-state index in [4.69, 9.17) is 9.90 Å². The molecule has 3 aliphatic rings. The van der Waals surface area contributed by atoms with Crippen LogP contribution in [0.3, 0.4) is 0 Å². The minimum absolute atomic E-state index is 0.0779. The Morgan fingerprint density at radius 2 is 1.90 bits per heavy atom. The van der Waals surface area contributed by atoms with Crippen molar-refractivity contribution >= 4 is 16.0 Å². The predicted octanol–water partition coefficient (Wildman–Crippen LogP) is 2.50. The highest BCUT2D eigenvalue weighted by atomic mass is 32.2. The molecule has 0 radical (unpaired) electrons. The van der Waals surface area contributed by atoms with Crippen molar-refractivity contribution in [2.24, 2.45) is 5.41 Å². The second-order valence-corrected chi connectivity index (χ2v) is 10.5. The molecule has 0 aromatic carbocycles. The monoisotopic (exact) mass is 449 g/mol. The van der Waals surface area contributed by atoms with E-state index in [0.717, 1.165) is 70.5 Å². The first-order valence-corrected chi connectivity index (χ1v) is 11.4. The van der Waals surface area contributed by atoms with Crippen molar-refractivity contribution in [1.82, 2.24) is 14.2 Å². The van der Waals surface area contributed by atoms with Gasteiger partial charge in [0, 0.05) is 32.4 Å². The van der Waals surface area contributed by atoms with Crippen LogP contribution in [0.15, 0.2) is 24.4 Å². The Kier molecular flexibility index (Phi) is 6.73. The van der Waals surface area contributed by atoms with Gasteiger partial charge in [0.2, 0.25) is 10.0 Å². The number of aromatic nitrogens is 1. The van der Waals surface area contributed by atoms with Crippen molar-refractivity contribution in [3.05, 3.63) is 30.1 Å². The lowest BCUT2D eigenvalue weighted by Crippen LogP contribution is -2.45. The van der Waals surface area contributed by atoms with Crippen LogP contribution in [0, 0.1) is 5.41 Å². The number of halogens is 3. The molecule has 1 spiro atoms. The molecule has 11 heteroatoms. The van der Waals surface area contributed by atoms with Gasteiger partial charge in [-0.3, -0.25) is 9.88 Å². The number of likely N-dealkylation sites (tertiary alicyclic amines) is 1. The molecule has 1 aromatic heterocycles. The number of hydrogen-bond acceptors (Lipinski definition) is 5. The average Bonchev–Trinajstić information content (AvgIpc) is 3.46. The lowest BCUT2D eigenvalue weighted by molar-refractivity contribution is -0.192. The third-order valence-electron chi connectivity index (χ3n) is 5.80. The van der Waals surface area contributed by atoms with Crippen LogP contribution in [-0.2, 0) is 21.4 Å². The number of carboxylic acids is 1. The Morgan fingerprint density at radius 1 is 1.20 bits per heavy atom. The highest BCUT2D eigenvalue weighted by Crippen LogP contribution is 2.42. The molecule has 1 aromatic rings. The van der Waals surface area contributed by atoms with Gasteiger partial charge in [0.05, 0.1) is 10.9 Å². The molecule has 2 saturated heterocycles. The largest absolute Gasteiger partial charge is 0.490 e. The Morgan fingerprint density at radius 3 is 2.47 bits per heavy atom. The van der Waals surface area contributed by atoms with Gasteiger partial charge in [-0.15, -0.1) is 0 Å². The molecule has 168 valence electrons. The zero-order valence-corrected chi connectivity index (χ0v) is 17.3. The minimum atomic E-state index is -5.08. The van der Waals surface area contributed by atoms with E-state index in [1.807, 2.05) is 18.3 Å². The van der Waals surface area contributed by atoms with Gasteiger partial charge in [-0.2, -0.15) is 13.2 Å². The van der Waals surface area contributed by atoms with Crippen LogP contribution in [0.4, 0.5) is 13.2 Å². The smallest absolute Gasteiger partial charge is 0.475 e. The Hall–Kier alpha value is -1.72. The molecule has 1 unspecified atom stereocenters. The molecule has 1 saturated carbocycles. The van der Waals surface area contributed by atoms with Crippen LogP contribution in [0.25, 0.3) is 0 Å². The number of rotatable bonds is 4. The first-order chi connectivity index (χ1) is 14.0. The summed E-state index contributed by atoms with van der Waals surface area (Å²) in [7, 11) is -3.01. The third-order valence-corrected chi connectivity index (χ3v) is 8.15. The molecule has 30 heavy (non-hydrogen) atoms. The predicted molar refractivity (Wildman–Crippen MR) is 103 cm³/mol. The van der Waals surface area contributed by atoms with Gasteiger partial charge in [-0.05, 0) is 56.2 Å². The summed E-state index contributed by atoms with van der Waals surface area (Å²) >= 11 is 0. The zero-order chi connectivity index (χ0) is 22.0. The summed E-state index contributed by atoms with van der Waals surface area (Å²) in [6.45, 7) is 4.41. The van der Waals surface area contributed by atoms with E-state index in [9.17, 15) is 21.6 Å². The maximum absolute atomic E-state index is 12.5. The van der Waals surface area contributed by atoms with Gasteiger partial charge in [0.1, 0.15) is 0 Å². The Labute approximate surface area is 173 Å². The molecule has 3 heterocycles. The molecule has 0 bridgehead atoms. The van der Waals surface area contributed by atoms with Crippen molar-refractivity contribution < 1.29 is 31.5 Å². The fourth-order valence-electron chi connectivity index (χ4n) is 4.19. The molecular formula is C19H26F3N3O4S. The van der Waals surface area contributed by atoms with Crippen LogP contribution in [0.2, 0.25) is 0 Å². The maximum atomic E-state index is 12.5. The molecule has 1 N–H and O–H groups in total. The standard InChI is InChI=1S/C17H25N3O2S.C2HF3O2/c21-23(22,16-5-6-16)20-11-8-17(14-20)7-3-10-19(13-17)12-15-4-1-2-9-18-15;3-2(4,5)1(6)7/h1-2,4,9,16H,3,5-8,10-14H2;(H,6,7). The maximum Gasteiger partial charge on any atom is 0.490 e. The molecule has 3 fully saturated rings. The number of carboxylic acid groups (broad SMARTS) is 1. The first kappa shape index (κ1) is 23.0. The summed E-state index contributed by atoms with van der Waals surface area (Å²) in [5.74, 6) is -2.76. The van der Waals surface area contributed by atoms with E-state index in [2.05, 4.69) is 16.0 Å². The van der Waals surface area contributed by atoms with E-state index in [0.29, 0.717) is 0 Å². The molecule has 4 rings (SSSR count). The van der Waals surface area contributed by atoms with Gasteiger partial charge < -0.3 is 5.11 Å². The molecule has 7 nitrogen and oxygen atoms in total. The number of sulfonamides is 1. The second-order valence-electron chi connectivity index (χ2n) is 8.27.